The summed E-state index contributed by atoms with van der Waals surface area (Å²) < 4.78 is 195. The Morgan fingerprint density at radius 2 is 0.927 bits per heavy atom. The third kappa shape index (κ3) is 3.46. The van der Waals surface area contributed by atoms with Gasteiger partial charge in [0, 0.05) is 20.2 Å². The molecule has 0 amide bonds. The summed E-state index contributed by atoms with van der Waals surface area (Å²) in [5, 5.41) is -3.02. The predicted molar refractivity (Wildman–Crippen MR) is 180 cm³/mol. The van der Waals surface area contributed by atoms with Crippen LogP contribution in [0.4, 0.5) is 0 Å². The van der Waals surface area contributed by atoms with Crippen LogP contribution in [0.3, 0.4) is 0 Å². The molecule has 190 valence electrons. The normalized spacial score (nSPS) is 19.4. The monoisotopic (exact) mass is 558 g/mol. The highest BCUT2D eigenvalue weighted by Crippen LogP contribution is 2.46. The number of rotatable bonds is 2. The Morgan fingerprint density at radius 3 is 1.59 bits per heavy atom. The first-order chi connectivity index (χ1) is 29.5. The van der Waals surface area contributed by atoms with E-state index in [4.69, 9.17) is 19.2 Å². The Labute approximate surface area is 272 Å². The third-order valence-corrected chi connectivity index (χ3v) is 7.98. The van der Waals surface area contributed by atoms with Crippen LogP contribution in [-0.4, -0.2) is 0 Å². The van der Waals surface area contributed by atoms with Crippen molar-refractivity contribution in [3.05, 3.63) is 145 Å². The van der Waals surface area contributed by atoms with Gasteiger partial charge in [-0.1, -0.05) is 121 Å². The zero-order valence-corrected chi connectivity index (χ0v) is 21.4. The molecule has 9 aromatic rings. The van der Waals surface area contributed by atoms with Gasteiger partial charge in [0.2, 0.25) is 0 Å². The van der Waals surface area contributed by atoms with Crippen molar-refractivity contribution in [2.24, 2.45) is 0 Å². The minimum Gasteiger partial charge on any atom is -0.135 e. The molecule has 0 fully saturated rings. The molecular formula is C40H24S. The molecule has 0 aliphatic heterocycles. The zero-order valence-electron chi connectivity index (χ0n) is 42.6. The van der Waals surface area contributed by atoms with Gasteiger partial charge in [-0.2, -0.15) is 0 Å². The highest BCUT2D eigenvalue weighted by atomic mass is 32.1. The largest absolute Gasteiger partial charge is 0.135 e. The molecule has 1 aromatic heterocycles. The molecule has 0 saturated heterocycles. The van der Waals surface area contributed by atoms with Gasteiger partial charge in [-0.05, 0) is 89.5 Å². The van der Waals surface area contributed by atoms with Gasteiger partial charge in [0.25, 0.3) is 0 Å². The minimum atomic E-state index is -0.819. The summed E-state index contributed by atoms with van der Waals surface area (Å²) in [7, 11) is 0. The van der Waals surface area contributed by atoms with Crippen molar-refractivity contribution >= 4 is 74.6 Å². The van der Waals surface area contributed by atoms with Crippen LogP contribution >= 0.6 is 11.3 Å². The van der Waals surface area contributed by atoms with Gasteiger partial charge in [-0.3, -0.25) is 0 Å². The molecule has 41 heavy (non-hydrogen) atoms. The second-order valence-corrected chi connectivity index (χ2v) is 10.2. The topological polar surface area (TPSA) is 0 Å². The smallest absolute Gasteiger partial charge is 0.0644 e. The van der Waals surface area contributed by atoms with Gasteiger partial charge >= 0.3 is 0 Å². The Kier molecular flexibility index (Phi) is 2.17. The van der Waals surface area contributed by atoms with Crippen LogP contribution in [0.1, 0.15) is 30.2 Å². The molecule has 0 spiro atoms. The second-order valence-electron chi connectivity index (χ2n) is 9.18. The van der Waals surface area contributed by atoms with E-state index < -0.39 is 160 Å². The Bertz CT molecular complexity index is 3620. The maximum absolute atomic E-state index is 9.47. The average molecular weight is 559 g/mol. The molecule has 0 N–H and O–H groups in total. The number of hydrogen-bond donors (Lipinski definition) is 0. The van der Waals surface area contributed by atoms with E-state index in [1.807, 2.05) is 0 Å². The van der Waals surface area contributed by atoms with Crippen molar-refractivity contribution in [3.63, 3.8) is 0 Å². The Hall–Kier alpha value is -4.98. The molecule has 0 aliphatic rings. The SMILES string of the molecule is [2H]c1cc2c([2H])c([2H])c([2H])c([2H])c2c([2H])c1-c1c2c([2H])c([2H])c([2H])c([2H])c2c(-c2cc3sc4c([2H])c5c([2H])c([2H])c([2H])c([2H])c5c([2H])c4c3c([2H])c2[2H])c2c([2H])c([2H])c([2H])c([2H])c12. The van der Waals surface area contributed by atoms with Crippen molar-refractivity contribution in [3.8, 4) is 22.3 Å². The first-order valence-corrected chi connectivity index (χ1v) is 13.1. The summed E-state index contributed by atoms with van der Waals surface area (Å²) in [5.41, 5.74) is -1.57. The maximum Gasteiger partial charge on any atom is 0.0644 e. The number of hydrogen-bond acceptors (Lipinski definition) is 1. The molecule has 0 atom stereocenters. The Balaban J connectivity index is 1.56. The summed E-state index contributed by atoms with van der Waals surface area (Å²) in [6.07, 6.45) is 0. The maximum atomic E-state index is 9.47. The summed E-state index contributed by atoms with van der Waals surface area (Å²) in [6, 6.07) is -12.3. The lowest BCUT2D eigenvalue weighted by Gasteiger charge is -2.18. The fraction of sp³-hybridized carbons (Fsp3) is 0. The van der Waals surface area contributed by atoms with E-state index in [-0.39, 0.29) is 58.9 Å². The molecule has 1 heteroatoms. The second kappa shape index (κ2) is 8.76. The van der Waals surface area contributed by atoms with Crippen molar-refractivity contribution in [1.82, 2.24) is 0 Å². The molecule has 0 saturated carbocycles. The fourth-order valence-electron chi connectivity index (χ4n) is 5.17. The summed E-state index contributed by atoms with van der Waals surface area (Å²) in [4.78, 5) is 0. The third-order valence-electron chi connectivity index (χ3n) is 6.93. The average Bonchev–Trinajstić information content (AvgIpc) is 3.65. The highest BCUT2D eigenvalue weighted by molar-refractivity contribution is 7.25. The van der Waals surface area contributed by atoms with Gasteiger partial charge in [-0.25, -0.2) is 0 Å². The van der Waals surface area contributed by atoms with E-state index in [1.165, 1.54) is 6.07 Å². The van der Waals surface area contributed by atoms with Crippen molar-refractivity contribution in [2.45, 2.75) is 0 Å². The van der Waals surface area contributed by atoms with Crippen LogP contribution in [0.25, 0.3) is 85.5 Å². The van der Waals surface area contributed by atoms with Gasteiger partial charge < -0.3 is 0 Å². The molecule has 1 heterocycles. The molecule has 0 unspecified atom stereocenters. The van der Waals surface area contributed by atoms with Crippen LogP contribution < -0.4 is 0 Å². The highest BCUT2D eigenvalue weighted by Gasteiger charge is 2.17. The summed E-state index contributed by atoms with van der Waals surface area (Å²) >= 11 is 0.843. The van der Waals surface area contributed by atoms with E-state index in [0.717, 1.165) is 17.4 Å². The number of fused-ring (bicyclic) bond motifs is 7. The van der Waals surface area contributed by atoms with Gasteiger partial charge in [-0.15, -0.1) is 11.3 Å². The van der Waals surface area contributed by atoms with Crippen LogP contribution in [0.5, 0.6) is 0 Å². The van der Waals surface area contributed by atoms with E-state index in [9.17, 15) is 11.0 Å². The lowest BCUT2D eigenvalue weighted by Crippen LogP contribution is -1.90. The first kappa shape index (κ1) is 10.1. The quantitative estimate of drug-likeness (QED) is 0.185. The van der Waals surface area contributed by atoms with Crippen LogP contribution in [0.15, 0.2) is 145 Å². The zero-order chi connectivity index (χ0) is 46.1. The molecule has 0 nitrogen and oxygen atoms in total. The Morgan fingerprint density at radius 1 is 0.390 bits per heavy atom. The number of benzene rings is 8. The van der Waals surface area contributed by atoms with E-state index in [2.05, 4.69) is 0 Å². The van der Waals surface area contributed by atoms with Crippen molar-refractivity contribution in [1.29, 1.82) is 0 Å². The molecule has 0 bridgehead atoms. The van der Waals surface area contributed by atoms with Crippen molar-refractivity contribution in [2.75, 3.05) is 0 Å². The van der Waals surface area contributed by atoms with Crippen molar-refractivity contribution < 1.29 is 30.2 Å². The molecule has 0 radical (unpaired) electrons. The van der Waals surface area contributed by atoms with Crippen LogP contribution in [-0.2, 0) is 0 Å². The fourth-order valence-corrected chi connectivity index (χ4v) is 6.23. The van der Waals surface area contributed by atoms with Gasteiger partial charge in [0.05, 0.1) is 30.2 Å². The van der Waals surface area contributed by atoms with E-state index in [1.54, 1.807) is 0 Å². The van der Waals surface area contributed by atoms with E-state index in [0.29, 0.717) is 0 Å². The lowest BCUT2D eigenvalue weighted by molar-refractivity contribution is 1.69. The van der Waals surface area contributed by atoms with Gasteiger partial charge in [0.1, 0.15) is 0 Å². The van der Waals surface area contributed by atoms with Crippen LogP contribution in [0.2, 0.25) is 0 Å². The van der Waals surface area contributed by atoms with Crippen LogP contribution in [0, 0.1) is 0 Å². The first-order valence-electron chi connectivity index (χ1n) is 23.3. The minimum absolute atomic E-state index is 0.0340. The predicted octanol–water partition coefficient (Wildman–Crippen LogP) is 12.0. The standard InChI is InChI=1S/C40H24S/c1-2-10-26-21-29(18-17-25(26)9-1)39-32-13-5-7-15-34(32)40(35-16-8-6-14-33(35)39)30-19-20-31-36-22-27-11-3-4-12-28(27)23-38(36)41-37(31)24-30/h1-24H/i1D,2D,3D,4D,5D,6D,7D,8D,9D,10D,11D,12D,13D,14D,15D,16D,18D,19D,20D,21D,22D,23D. The lowest BCUT2D eigenvalue weighted by atomic mass is 9.85. The van der Waals surface area contributed by atoms with Gasteiger partial charge in [0.15, 0.2) is 0 Å². The molecule has 8 aromatic carbocycles. The molecular weight excluding hydrogens is 513 g/mol. The van der Waals surface area contributed by atoms with E-state index >= 15 is 0 Å². The molecule has 9 rings (SSSR count). The molecule has 0 aliphatic carbocycles. The summed E-state index contributed by atoms with van der Waals surface area (Å²) in [6.45, 7) is 0. The number of thiophene rings is 1. The summed E-state index contributed by atoms with van der Waals surface area (Å²) in [5.74, 6) is 0.